The van der Waals surface area contributed by atoms with Gasteiger partial charge in [-0.2, -0.15) is 0 Å². The normalized spacial score (nSPS) is 15.0. The Morgan fingerprint density at radius 2 is 2.00 bits per heavy atom. The van der Waals surface area contributed by atoms with Gasteiger partial charge in [0.05, 0.1) is 0 Å². The Morgan fingerprint density at radius 1 is 1.46 bits per heavy atom. The van der Waals surface area contributed by atoms with Crippen LogP contribution < -0.4 is 5.32 Å². The molecule has 0 bridgehead atoms. The SMILES string of the molecule is CC(Nc1ccc(Cl)cc1)S(=O)O. The molecule has 0 heterocycles. The molecule has 0 spiro atoms. The maximum absolute atomic E-state index is 10.6. The molecule has 0 fully saturated rings. The molecule has 1 rings (SSSR count). The number of hydrogen-bond donors (Lipinski definition) is 2. The lowest BCUT2D eigenvalue weighted by Gasteiger charge is -2.10. The van der Waals surface area contributed by atoms with Crippen LogP contribution >= 0.6 is 11.6 Å². The minimum Gasteiger partial charge on any atom is -0.369 e. The molecule has 3 nitrogen and oxygen atoms in total. The van der Waals surface area contributed by atoms with Gasteiger partial charge < -0.3 is 9.87 Å². The summed E-state index contributed by atoms with van der Waals surface area (Å²) in [5.74, 6) is 0. The number of rotatable bonds is 3. The number of hydrogen-bond acceptors (Lipinski definition) is 2. The predicted octanol–water partition coefficient (Wildman–Crippen LogP) is 2.32. The summed E-state index contributed by atoms with van der Waals surface area (Å²) in [4.78, 5) is 0. The lowest BCUT2D eigenvalue weighted by Crippen LogP contribution is -2.20. The third-order valence-electron chi connectivity index (χ3n) is 1.52. The quantitative estimate of drug-likeness (QED) is 0.768. The Balaban J connectivity index is 2.64. The fourth-order valence-electron chi connectivity index (χ4n) is 0.831. The summed E-state index contributed by atoms with van der Waals surface area (Å²) >= 11 is 3.81. The van der Waals surface area contributed by atoms with E-state index >= 15 is 0 Å². The highest BCUT2D eigenvalue weighted by molar-refractivity contribution is 7.80. The molecule has 0 saturated carbocycles. The van der Waals surface area contributed by atoms with E-state index < -0.39 is 16.5 Å². The van der Waals surface area contributed by atoms with Crippen molar-refractivity contribution in [2.45, 2.75) is 12.3 Å². The third kappa shape index (κ3) is 3.34. The molecule has 72 valence electrons. The van der Waals surface area contributed by atoms with Crippen molar-refractivity contribution in [2.75, 3.05) is 5.32 Å². The Morgan fingerprint density at radius 3 is 2.46 bits per heavy atom. The van der Waals surface area contributed by atoms with Crippen LogP contribution in [0.25, 0.3) is 0 Å². The van der Waals surface area contributed by atoms with Crippen molar-refractivity contribution in [3.8, 4) is 0 Å². The van der Waals surface area contributed by atoms with Gasteiger partial charge in [0.1, 0.15) is 5.37 Å². The molecule has 0 radical (unpaired) electrons. The van der Waals surface area contributed by atoms with E-state index in [0.29, 0.717) is 5.02 Å². The first-order valence-electron chi connectivity index (χ1n) is 3.71. The summed E-state index contributed by atoms with van der Waals surface area (Å²) in [6.07, 6.45) is 0. The highest BCUT2D eigenvalue weighted by Gasteiger charge is 2.06. The fourth-order valence-corrected chi connectivity index (χ4v) is 1.19. The lowest BCUT2D eigenvalue weighted by atomic mass is 10.3. The van der Waals surface area contributed by atoms with Gasteiger partial charge in [-0.1, -0.05) is 11.6 Å². The summed E-state index contributed by atoms with van der Waals surface area (Å²) in [5.41, 5.74) is 0.777. The van der Waals surface area contributed by atoms with Gasteiger partial charge in [-0.15, -0.1) is 0 Å². The molecule has 0 saturated heterocycles. The summed E-state index contributed by atoms with van der Waals surface area (Å²) in [5, 5.41) is 3.02. The predicted molar refractivity (Wildman–Crippen MR) is 55.3 cm³/mol. The number of benzene rings is 1. The van der Waals surface area contributed by atoms with Crippen LogP contribution in [0, 0.1) is 0 Å². The van der Waals surface area contributed by atoms with Crippen LogP contribution in [0.2, 0.25) is 5.02 Å². The second-order valence-corrected chi connectivity index (χ2v) is 4.27. The lowest BCUT2D eigenvalue weighted by molar-refractivity contribution is 0.556. The first-order chi connectivity index (χ1) is 6.09. The van der Waals surface area contributed by atoms with Crippen LogP contribution in [0.4, 0.5) is 5.69 Å². The molecule has 0 aromatic heterocycles. The zero-order valence-electron chi connectivity index (χ0n) is 7.03. The Bertz CT molecular complexity index is 302. The molecule has 0 aliphatic heterocycles. The van der Waals surface area contributed by atoms with Gasteiger partial charge in [0.2, 0.25) is 0 Å². The van der Waals surface area contributed by atoms with Gasteiger partial charge in [-0.05, 0) is 31.2 Å². The molecule has 1 aromatic carbocycles. The fraction of sp³-hybridized carbons (Fsp3) is 0.250. The van der Waals surface area contributed by atoms with Crippen molar-refractivity contribution in [3.63, 3.8) is 0 Å². The first-order valence-corrected chi connectivity index (χ1v) is 5.26. The van der Waals surface area contributed by atoms with Crippen molar-refractivity contribution in [1.82, 2.24) is 0 Å². The van der Waals surface area contributed by atoms with Crippen LogP contribution in [0.1, 0.15) is 6.92 Å². The summed E-state index contributed by atoms with van der Waals surface area (Å²) < 4.78 is 19.3. The molecule has 2 N–H and O–H groups in total. The van der Waals surface area contributed by atoms with E-state index in [1.807, 2.05) is 0 Å². The zero-order chi connectivity index (χ0) is 9.84. The standard InChI is InChI=1S/C8H10ClNO2S/c1-6(13(11)12)10-8-4-2-7(9)3-5-8/h2-6,10H,1H3,(H,11,12). The molecule has 2 atom stereocenters. The highest BCUT2D eigenvalue weighted by Crippen LogP contribution is 2.14. The van der Waals surface area contributed by atoms with E-state index in [4.69, 9.17) is 16.2 Å². The first kappa shape index (κ1) is 10.5. The molecule has 13 heavy (non-hydrogen) atoms. The minimum absolute atomic E-state index is 0.485. The van der Waals surface area contributed by atoms with Gasteiger partial charge in [0.25, 0.3) is 0 Å². The van der Waals surface area contributed by atoms with Crippen molar-refractivity contribution in [1.29, 1.82) is 0 Å². The summed E-state index contributed by atoms with van der Waals surface area (Å²) in [6.45, 7) is 1.63. The highest BCUT2D eigenvalue weighted by atomic mass is 35.5. The molecule has 0 aliphatic rings. The smallest absolute Gasteiger partial charge is 0.175 e. The number of nitrogens with one attached hydrogen (secondary N) is 1. The zero-order valence-corrected chi connectivity index (χ0v) is 8.60. The summed E-state index contributed by atoms with van der Waals surface area (Å²) in [6, 6.07) is 6.95. The molecule has 2 unspecified atom stereocenters. The number of anilines is 1. The Labute approximate surface area is 84.4 Å². The van der Waals surface area contributed by atoms with Gasteiger partial charge in [-0.3, -0.25) is 0 Å². The Hall–Kier alpha value is -0.580. The molecule has 1 aromatic rings. The molecule has 5 heteroatoms. The van der Waals surface area contributed by atoms with Crippen molar-refractivity contribution < 1.29 is 8.76 Å². The van der Waals surface area contributed by atoms with Crippen LogP contribution in [0.15, 0.2) is 24.3 Å². The third-order valence-corrected chi connectivity index (χ3v) is 2.49. The van der Waals surface area contributed by atoms with Crippen LogP contribution in [0.3, 0.4) is 0 Å². The summed E-state index contributed by atoms with van der Waals surface area (Å²) in [7, 11) is 0. The van der Waals surface area contributed by atoms with Crippen LogP contribution in [0.5, 0.6) is 0 Å². The average Bonchev–Trinajstić information content (AvgIpc) is 2.08. The van der Waals surface area contributed by atoms with Gasteiger partial charge >= 0.3 is 0 Å². The van der Waals surface area contributed by atoms with Crippen LogP contribution in [-0.4, -0.2) is 14.1 Å². The van der Waals surface area contributed by atoms with Crippen molar-refractivity contribution in [3.05, 3.63) is 29.3 Å². The van der Waals surface area contributed by atoms with E-state index in [1.165, 1.54) is 0 Å². The maximum atomic E-state index is 10.6. The Kier molecular flexibility index (Phi) is 3.71. The van der Waals surface area contributed by atoms with Crippen molar-refractivity contribution in [2.24, 2.45) is 0 Å². The second kappa shape index (κ2) is 4.60. The molecule has 0 aliphatic carbocycles. The van der Waals surface area contributed by atoms with Crippen LogP contribution in [-0.2, 0) is 11.1 Å². The van der Waals surface area contributed by atoms with Gasteiger partial charge in [-0.25, -0.2) is 4.21 Å². The van der Waals surface area contributed by atoms with Gasteiger partial charge in [0.15, 0.2) is 11.1 Å². The second-order valence-electron chi connectivity index (χ2n) is 2.57. The van der Waals surface area contributed by atoms with E-state index in [9.17, 15) is 4.21 Å². The van der Waals surface area contributed by atoms with Gasteiger partial charge in [0, 0.05) is 10.7 Å². The monoisotopic (exact) mass is 219 g/mol. The van der Waals surface area contributed by atoms with Crippen molar-refractivity contribution >= 4 is 28.4 Å². The van der Waals surface area contributed by atoms with E-state index in [1.54, 1.807) is 31.2 Å². The molecular formula is C8H10ClNO2S. The topological polar surface area (TPSA) is 49.3 Å². The number of halogens is 1. The minimum atomic E-state index is -1.86. The van der Waals surface area contributed by atoms with E-state index in [-0.39, 0.29) is 0 Å². The largest absolute Gasteiger partial charge is 0.369 e. The average molecular weight is 220 g/mol. The van der Waals surface area contributed by atoms with E-state index in [0.717, 1.165) is 5.69 Å². The maximum Gasteiger partial charge on any atom is 0.175 e. The molecule has 0 amide bonds. The van der Waals surface area contributed by atoms with E-state index in [2.05, 4.69) is 5.32 Å². The molecular weight excluding hydrogens is 210 g/mol.